The Balaban J connectivity index is 1.43. The van der Waals surface area contributed by atoms with Gasteiger partial charge in [-0.2, -0.15) is 5.10 Å². The van der Waals surface area contributed by atoms with Gasteiger partial charge in [-0.15, -0.1) is 0 Å². The van der Waals surface area contributed by atoms with Crippen LogP contribution in [0.25, 0.3) is 21.9 Å². The summed E-state index contributed by atoms with van der Waals surface area (Å²) in [7, 11) is 0. The lowest BCUT2D eigenvalue weighted by Crippen LogP contribution is -1.98. The van der Waals surface area contributed by atoms with Crippen LogP contribution in [0.1, 0.15) is 0 Å². The van der Waals surface area contributed by atoms with Gasteiger partial charge >= 0.3 is 0 Å². The van der Waals surface area contributed by atoms with E-state index >= 15 is 0 Å². The zero-order chi connectivity index (χ0) is 18.9. The third-order valence-corrected chi connectivity index (χ3v) is 4.64. The van der Waals surface area contributed by atoms with Crippen molar-refractivity contribution in [3.05, 3.63) is 72.1 Å². The number of aromatic nitrogens is 5. The third-order valence-electron chi connectivity index (χ3n) is 4.33. The highest BCUT2D eigenvalue weighted by Crippen LogP contribution is 2.31. The summed E-state index contributed by atoms with van der Waals surface area (Å²) in [5, 5.41) is 15.3. The quantitative estimate of drug-likeness (QED) is 0.400. The third kappa shape index (κ3) is 2.97. The maximum atomic E-state index is 6.49. The first-order valence-electron chi connectivity index (χ1n) is 8.60. The number of nitrogens with zero attached hydrogens (tertiary/aromatic N) is 4. The number of fused-ring (bicyclic) bond motifs is 2. The average Bonchev–Trinajstić information content (AvgIpc) is 3.13. The van der Waals surface area contributed by atoms with Crippen LogP contribution in [0.5, 0.6) is 0 Å². The van der Waals surface area contributed by atoms with Gasteiger partial charge in [0.2, 0.25) is 0 Å². The van der Waals surface area contributed by atoms with Gasteiger partial charge in [-0.3, -0.25) is 15.1 Å². The molecule has 0 fully saturated rings. The maximum Gasteiger partial charge on any atom is 0.178 e. The van der Waals surface area contributed by atoms with E-state index < -0.39 is 0 Å². The van der Waals surface area contributed by atoms with Gasteiger partial charge in [-0.05, 0) is 42.5 Å². The Morgan fingerprint density at radius 1 is 0.786 bits per heavy atom. The molecule has 7 nitrogen and oxygen atoms in total. The standard InChI is InChI=1S/C20H14ClN7/c21-14-11-13(25-20-18-16(27-28-20)4-2-9-23-18)5-6-15(14)26-19-17-12(7-10-24-19)3-1-8-22-17/h1-11H,(H,24,26)(H2,25,27,28). The van der Waals surface area contributed by atoms with Crippen molar-refractivity contribution in [2.75, 3.05) is 10.6 Å². The molecule has 0 unspecified atom stereocenters. The van der Waals surface area contributed by atoms with Gasteiger partial charge in [0.1, 0.15) is 11.0 Å². The van der Waals surface area contributed by atoms with Crippen LogP contribution in [0.2, 0.25) is 5.02 Å². The fourth-order valence-corrected chi connectivity index (χ4v) is 3.22. The summed E-state index contributed by atoms with van der Waals surface area (Å²) in [5.74, 6) is 1.30. The summed E-state index contributed by atoms with van der Waals surface area (Å²) < 4.78 is 0. The molecular weight excluding hydrogens is 374 g/mol. The van der Waals surface area contributed by atoms with Gasteiger partial charge in [-0.1, -0.05) is 17.7 Å². The minimum Gasteiger partial charge on any atom is -0.337 e. The molecule has 0 spiro atoms. The van der Waals surface area contributed by atoms with Crippen molar-refractivity contribution in [1.29, 1.82) is 0 Å². The van der Waals surface area contributed by atoms with Gasteiger partial charge in [-0.25, -0.2) is 4.98 Å². The smallest absolute Gasteiger partial charge is 0.178 e. The van der Waals surface area contributed by atoms with Crippen LogP contribution in [0.4, 0.5) is 23.0 Å². The van der Waals surface area contributed by atoms with E-state index in [9.17, 15) is 0 Å². The van der Waals surface area contributed by atoms with Gasteiger partial charge in [0.05, 0.1) is 16.2 Å². The van der Waals surface area contributed by atoms with Crippen LogP contribution in [-0.2, 0) is 0 Å². The van der Waals surface area contributed by atoms with Crippen molar-refractivity contribution in [3.8, 4) is 0 Å². The maximum absolute atomic E-state index is 6.49. The van der Waals surface area contributed by atoms with E-state index in [0.29, 0.717) is 16.7 Å². The van der Waals surface area contributed by atoms with Crippen molar-refractivity contribution < 1.29 is 0 Å². The lowest BCUT2D eigenvalue weighted by Gasteiger charge is -2.11. The molecule has 8 heteroatoms. The molecule has 0 aliphatic heterocycles. The predicted octanol–water partition coefficient (Wildman–Crippen LogP) is 5.04. The molecule has 4 aromatic heterocycles. The zero-order valence-electron chi connectivity index (χ0n) is 14.5. The predicted molar refractivity (Wildman–Crippen MR) is 111 cm³/mol. The zero-order valence-corrected chi connectivity index (χ0v) is 15.3. The number of pyridine rings is 3. The van der Waals surface area contributed by atoms with E-state index in [-0.39, 0.29) is 0 Å². The molecule has 4 heterocycles. The molecule has 0 atom stereocenters. The SMILES string of the molecule is Clc1cc(Nc2n[nH]c3cccnc23)ccc1Nc1nccc2cccnc12. The van der Waals surface area contributed by atoms with Gasteiger partial charge < -0.3 is 10.6 Å². The first-order valence-corrected chi connectivity index (χ1v) is 8.98. The Labute approximate surface area is 164 Å². The van der Waals surface area contributed by atoms with Crippen molar-refractivity contribution in [2.45, 2.75) is 0 Å². The minimum absolute atomic E-state index is 0.549. The Hall–Kier alpha value is -3.71. The number of aromatic amines is 1. The molecule has 0 saturated heterocycles. The second-order valence-corrected chi connectivity index (χ2v) is 6.56. The average molecular weight is 388 g/mol. The molecule has 0 bridgehead atoms. The van der Waals surface area contributed by atoms with Crippen LogP contribution in [0.3, 0.4) is 0 Å². The highest BCUT2D eigenvalue weighted by atomic mass is 35.5. The van der Waals surface area contributed by atoms with E-state index in [4.69, 9.17) is 11.6 Å². The number of H-pyrrole nitrogens is 1. The number of rotatable bonds is 4. The molecule has 0 aliphatic carbocycles. The molecule has 136 valence electrons. The highest BCUT2D eigenvalue weighted by molar-refractivity contribution is 6.33. The molecule has 0 amide bonds. The minimum atomic E-state index is 0.549. The van der Waals surface area contributed by atoms with E-state index in [2.05, 4.69) is 35.8 Å². The number of benzene rings is 1. The molecule has 5 aromatic rings. The van der Waals surface area contributed by atoms with Crippen LogP contribution >= 0.6 is 11.6 Å². The summed E-state index contributed by atoms with van der Waals surface area (Å²) >= 11 is 6.49. The summed E-state index contributed by atoms with van der Waals surface area (Å²) in [6.45, 7) is 0. The molecular formula is C20H14ClN7. The van der Waals surface area contributed by atoms with E-state index in [1.807, 2.05) is 48.5 Å². The molecule has 1 aromatic carbocycles. The summed E-state index contributed by atoms with van der Waals surface area (Å²) in [4.78, 5) is 13.1. The van der Waals surface area contributed by atoms with Crippen molar-refractivity contribution in [2.24, 2.45) is 0 Å². The summed E-state index contributed by atoms with van der Waals surface area (Å²) in [6.07, 6.45) is 5.21. The molecule has 28 heavy (non-hydrogen) atoms. The Morgan fingerprint density at radius 3 is 2.54 bits per heavy atom. The first-order chi connectivity index (χ1) is 13.8. The van der Waals surface area contributed by atoms with E-state index in [1.54, 1.807) is 18.6 Å². The van der Waals surface area contributed by atoms with Crippen LogP contribution < -0.4 is 10.6 Å². The monoisotopic (exact) mass is 387 g/mol. The molecule has 0 radical (unpaired) electrons. The fourth-order valence-electron chi connectivity index (χ4n) is 2.99. The molecule has 3 N–H and O–H groups in total. The number of hydrogen-bond acceptors (Lipinski definition) is 6. The second-order valence-electron chi connectivity index (χ2n) is 6.15. The molecule has 0 saturated carbocycles. The summed E-state index contributed by atoms with van der Waals surface area (Å²) in [6, 6.07) is 15.2. The van der Waals surface area contributed by atoms with Crippen molar-refractivity contribution >= 4 is 56.5 Å². The van der Waals surface area contributed by atoms with Gasteiger partial charge in [0.25, 0.3) is 0 Å². The van der Waals surface area contributed by atoms with Crippen LogP contribution in [0, 0.1) is 0 Å². The first kappa shape index (κ1) is 16.5. The lowest BCUT2D eigenvalue weighted by atomic mass is 10.2. The Bertz CT molecular complexity index is 1290. The molecule has 0 aliphatic rings. The number of nitrogens with one attached hydrogen (secondary N) is 3. The fraction of sp³-hybridized carbons (Fsp3) is 0. The van der Waals surface area contributed by atoms with Gasteiger partial charge in [0, 0.05) is 29.7 Å². The van der Waals surface area contributed by atoms with E-state index in [1.165, 1.54) is 0 Å². The number of anilines is 4. The Kier molecular flexibility index (Phi) is 3.99. The normalized spacial score (nSPS) is 11.0. The topological polar surface area (TPSA) is 91.4 Å². The lowest BCUT2D eigenvalue weighted by molar-refractivity contribution is 1.12. The van der Waals surface area contributed by atoms with E-state index in [0.717, 1.165) is 33.3 Å². The van der Waals surface area contributed by atoms with Crippen LogP contribution in [-0.4, -0.2) is 25.1 Å². The number of hydrogen-bond donors (Lipinski definition) is 3. The Morgan fingerprint density at radius 2 is 1.64 bits per heavy atom. The van der Waals surface area contributed by atoms with Crippen LogP contribution in [0.15, 0.2) is 67.1 Å². The largest absolute Gasteiger partial charge is 0.337 e. The van der Waals surface area contributed by atoms with Crippen molar-refractivity contribution in [3.63, 3.8) is 0 Å². The second kappa shape index (κ2) is 6.79. The van der Waals surface area contributed by atoms with Crippen molar-refractivity contribution in [1.82, 2.24) is 25.1 Å². The molecule has 5 rings (SSSR count). The highest BCUT2D eigenvalue weighted by Gasteiger charge is 2.10. The summed E-state index contributed by atoms with van der Waals surface area (Å²) in [5.41, 5.74) is 3.97. The van der Waals surface area contributed by atoms with Gasteiger partial charge in [0.15, 0.2) is 11.6 Å². The number of halogens is 1.